The highest BCUT2D eigenvalue weighted by molar-refractivity contribution is 5.85. The highest BCUT2D eigenvalue weighted by Crippen LogP contribution is 2.26. The average Bonchev–Trinajstić information content (AvgIpc) is 2.48. The maximum atomic E-state index is 13.4. The molecule has 1 aliphatic heterocycles. The molecule has 21 heavy (non-hydrogen) atoms. The van der Waals surface area contributed by atoms with Crippen LogP contribution >= 0.6 is 12.4 Å². The van der Waals surface area contributed by atoms with E-state index in [1.807, 2.05) is 6.92 Å². The fraction of sp³-hybridized carbons (Fsp3) is 0.533. The van der Waals surface area contributed by atoms with Crippen molar-refractivity contribution in [2.45, 2.75) is 38.3 Å². The van der Waals surface area contributed by atoms with Crippen LogP contribution in [0.15, 0.2) is 18.2 Å². The molecule has 1 aliphatic rings. The summed E-state index contributed by atoms with van der Waals surface area (Å²) in [6.45, 7) is 2.70. The smallest absolute Gasteiger partial charge is 0.237 e. The molecule has 1 saturated heterocycles. The van der Waals surface area contributed by atoms with Crippen LogP contribution in [0.5, 0.6) is 5.75 Å². The quantitative estimate of drug-likeness (QED) is 0.897. The van der Waals surface area contributed by atoms with E-state index in [0.29, 0.717) is 11.3 Å². The van der Waals surface area contributed by atoms with Gasteiger partial charge in [-0.15, -0.1) is 12.4 Å². The molecule has 1 heterocycles. The first-order valence-corrected chi connectivity index (χ1v) is 6.99. The minimum Gasteiger partial charge on any atom is -0.496 e. The Balaban J connectivity index is 0.00000220. The Labute approximate surface area is 130 Å². The van der Waals surface area contributed by atoms with Gasteiger partial charge < -0.3 is 15.4 Å². The zero-order valence-electron chi connectivity index (χ0n) is 12.3. The molecule has 6 heteroatoms. The molecule has 2 unspecified atom stereocenters. The second-order valence-corrected chi connectivity index (χ2v) is 5.12. The molecule has 2 N–H and O–H groups in total. The molecule has 0 saturated carbocycles. The van der Waals surface area contributed by atoms with Crippen LogP contribution in [0.25, 0.3) is 0 Å². The molecule has 0 bridgehead atoms. The van der Waals surface area contributed by atoms with Gasteiger partial charge in [0.15, 0.2) is 0 Å². The van der Waals surface area contributed by atoms with Crippen molar-refractivity contribution in [3.63, 3.8) is 0 Å². The van der Waals surface area contributed by atoms with Gasteiger partial charge in [-0.05, 0) is 44.5 Å². The number of halogens is 2. The van der Waals surface area contributed by atoms with Gasteiger partial charge in [-0.3, -0.25) is 4.79 Å². The molecule has 2 rings (SSSR count). The van der Waals surface area contributed by atoms with Gasteiger partial charge in [0.2, 0.25) is 5.91 Å². The SMILES string of the molecule is COc1ccc(F)cc1C(C)NC(=O)C1CCCCN1.Cl. The lowest BCUT2D eigenvalue weighted by Crippen LogP contribution is -2.47. The lowest BCUT2D eigenvalue weighted by Gasteiger charge is -2.25. The summed E-state index contributed by atoms with van der Waals surface area (Å²) >= 11 is 0. The largest absolute Gasteiger partial charge is 0.496 e. The first-order chi connectivity index (χ1) is 9.61. The number of methoxy groups -OCH3 is 1. The number of benzene rings is 1. The van der Waals surface area contributed by atoms with E-state index in [2.05, 4.69) is 10.6 Å². The number of nitrogens with one attached hydrogen (secondary N) is 2. The number of rotatable bonds is 4. The van der Waals surface area contributed by atoms with Gasteiger partial charge in [0, 0.05) is 5.56 Å². The second kappa shape index (κ2) is 8.20. The van der Waals surface area contributed by atoms with Gasteiger partial charge in [0.1, 0.15) is 11.6 Å². The Kier molecular flexibility index (Phi) is 6.92. The van der Waals surface area contributed by atoms with E-state index in [1.54, 1.807) is 6.07 Å². The summed E-state index contributed by atoms with van der Waals surface area (Å²) in [5, 5.41) is 6.12. The van der Waals surface area contributed by atoms with Gasteiger partial charge in [-0.25, -0.2) is 4.39 Å². The van der Waals surface area contributed by atoms with Gasteiger partial charge in [0.25, 0.3) is 0 Å². The zero-order chi connectivity index (χ0) is 14.5. The lowest BCUT2D eigenvalue weighted by atomic mass is 10.0. The van der Waals surface area contributed by atoms with Crippen molar-refractivity contribution in [3.8, 4) is 5.75 Å². The van der Waals surface area contributed by atoms with Gasteiger partial charge in [-0.2, -0.15) is 0 Å². The first kappa shape index (κ1) is 17.7. The minimum absolute atomic E-state index is 0. The van der Waals surface area contributed by atoms with Crippen molar-refractivity contribution >= 4 is 18.3 Å². The van der Waals surface area contributed by atoms with E-state index in [0.717, 1.165) is 25.8 Å². The summed E-state index contributed by atoms with van der Waals surface area (Å²) in [7, 11) is 1.54. The summed E-state index contributed by atoms with van der Waals surface area (Å²) < 4.78 is 18.6. The van der Waals surface area contributed by atoms with E-state index in [4.69, 9.17) is 4.74 Å². The predicted octanol–water partition coefficient (Wildman–Crippen LogP) is 2.58. The molecule has 0 spiro atoms. The molecule has 1 aromatic carbocycles. The van der Waals surface area contributed by atoms with Crippen LogP contribution in [-0.2, 0) is 4.79 Å². The number of carbonyl (C=O) groups is 1. The Morgan fingerprint density at radius 2 is 2.24 bits per heavy atom. The molecular formula is C15H22ClFN2O2. The topological polar surface area (TPSA) is 50.4 Å². The molecule has 1 aromatic rings. The molecule has 2 atom stereocenters. The molecule has 118 valence electrons. The van der Waals surface area contributed by atoms with Crippen molar-refractivity contribution in [3.05, 3.63) is 29.6 Å². The molecule has 0 aromatic heterocycles. The van der Waals surface area contributed by atoms with Crippen LogP contribution in [0.2, 0.25) is 0 Å². The van der Waals surface area contributed by atoms with Crippen LogP contribution in [0.3, 0.4) is 0 Å². The number of ether oxygens (including phenoxy) is 1. The fourth-order valence-corrected chi connectivity index (χ4v) is 2.51. The monoisotopic (exact) mass is 316 g/mol. The third-order valence-corrected chi connectivity index (χ3v) is 3.64. The fourth-order valence-electron chi connectivity index (χ4n) is 2.51. The van der Waals surface area contributed by atoms with Gasteiger partial charge in [0.05, 0.1) is 19.2 Å². The van der Waals surface area contributed by atoms with Crippen LogP contribution in [0.1, 0.15) is 37.8 Å². The molecule has 4 nitrogen and oxygen atoms in total. The van der Waals surface area contributed by atoms with Gasteiger partial charge in [-0.1, -0.05) is 6.42 Å². The van der Waals surface area contributed by atoms with Crippen LogP contribution in [0, 0.1) is 5.82 Å². The third kappa shape index (κ3) is 4.58. The molecule has 1 amide bonds. The summed E-state index contributed by atoms with van der Waals surface area (Å²) in [5.41, 5.74) is 0.650. The highest BCUT2D eigenvalue weighted by Gasteiger charge is 2.23. The van der Waals surface area contributed by atoms with Crippen molar-refractivity contribution in [1.82, 2.24) is 10.6 Å². The van der Waals surface area contributed by atoms with E-state index < -0.39 is 0 Å². The number of piperidine rings is 1. The summed E-state index contributed by atoms with van der Waals surface area (Å²) in [4.78, 5) is 12.2. The Morgan fingerprint density at radius 3 is 2.86 bits per heavy atom. The standard InChI is InChI=1S/C15H21FN2O2.ClH/c1-10(12-9-11(16)6-7-14(12)20-2)18-15(19)13-5-3-4-8-17-13;/h6-7,9-10,13,17H,3-5,8H2,1-2H3,(H,18,19);1H. The van der Waals surface area contributed by atoms with E-state index in [9.17, 15) is 9.18 Å². The summed E-state index contributed by atoms with van der Waals surface area (Å²) in [6, 6.07) is 3.88. The third-order valence-electron chi connectivity index (χ3n) is 3.64. The molecule has 0 aliphatic carbocycles. The Bertz CT molecular complexity index is 479. The lowest BCUT2D eigenvalue weighted by molar-refractivity contribution is -0.124. The van der Waals surface area contributed by atoms with Crippen LogP contribution < -0.4 is 15.4 Å². The van der Waals surface area contributed by atoms with Crippen molar-refractivity contribution < 1.29 is 13.9 Å². The zero-order valence-corrected chi connectivity index (χ0v) is 13.1. The van der Waals surface area contributed by atoms with E-state index in [-0.39, 0.29) is 36.2 Å². The number of carbonyl (C=O) groups excluding carboxylic acids is 1. The molecule has 1 fully saturated rings. The Hall–Kier alpha value is -1.33. The Morgan fingerprint density at radius 1 is 1.48 bits per heavy atom. The maximum Gasteiger partial charge on any atom is 0.237 e. The summed E-state index contributed by atoms with van der Waals surface area (Å²) in [6.07, 6.45) is 3.01. The average molecular weight is 317 g/mol. The molecular weight excluding hydrogens is 295 g/mol. The van der Waals surface area contributed by atoms with Crippen molar-refractivity contribution in [1.29, 1.82) is 0 Å². The predicted molar refractivity (Wildman–Crippen MR) is 82.4 cm³/mol. The van der Waals surface area contributed by atoms with Crippen LogP contribution in [0.4, 0.5) is 4.39 Å². The van der Waals surface area contributed by atoms with E-state index in [1.165, 1.54) is 19.2 Å². The summed E-state index contributed by atoms with van der Waals surface area (Å²) in [5.74, 6) is 0.206. The normalized spacial score (nSPS) is 19.3. The number of amides is 1. The minimum atomic E-state index is -0.335. The maximum absolute atomic E-state index is 13.4. The van der Waals surface area contributed by atoms with E-state index >= 15 is 0 Å². The van der Waals surface area contributed by atoms with Crippen molar-refractivity contribution in [2.24, 2.45) is 0 Å². The van der Waals surface area contributed by atoms with Crippen molar-refractivity contribution in [2.75, 3.05) is 13.7 Å². The number of hydrogen-bond acceptors (Lipinski definition) is 3. The van der Waals surface area contributed by atoms with Crippen LogP contribution in [-0.4, -0.2) is 25.6 Å². The number of hydrogen-bond donors (Lipinski definition) is 2. The van der Waals surface area contributed by atoms with Gasteiger partial charge >= 0.3 is 0 Å². The second-order valence-electron chi connectivity index (χ2n) is 5.12. The molecule has 0 radical (unpaired) electrons. The first-order valence-electron chi connectivity index (χ1n) is 6.99. The highest BCUT2D eigenvalue weighted by atomic mass is 35.5.